The number of carbonyl (C=O) groups is 1. The number of furan rings is 1. The molecule has 0 N–H and O–H groups in total. The van der Waals surface area contributed by atoms with Gasteiger partial charge in [-0.25, -0.2) is 0 Å². The number of hydrogen-bond donors (Lipinski definition) is 0. The van der Waals surface area contributed by atoms with E-state index in [9.17, 15) is 4.79 Å². The molecule has 4 heteroatoms. The highest BCUT2D eigenvalue weighted by Crippen LogP contribution is 2.43. The monoisotopic (exact) mass is 286 g/mol. The third-order valence-corrected chi connectivity index (χ3v) is 5.30. The first-order chi connectivity index (χ1) is 10.3. The summed E-state index contributed by atoms with van der Waals surface area (Å²) in [5, 5.41) is 0. The zero-order valence-electron chi connectivity index (χ0n) is 12.3. The maximum absolute atomic E-state index is 12.2. The fourth-order valence-electron chi connectivity index (χ4n) is 4.13. The zero-order valence-corrected chi connectivity index (χ0v) is 12.3. The molecule has 21 heavy (non-hydrogen) atoms. The Morgan fingerprint density at radius 1 is 1.19 bits per heavy atom. The van der Waals surface area contributed by atoms with Crippen molar-refractivity contribution >= 4 is 5.91 Å². The summed E-state index contributed by atoms with van der Waals surface area (Å²) in [5.74, 6) is 3.00. The van der Waals surface area contributed by atoms with E-state index in [2.05, 4.69) is 17.1 Å². The molecule has 1 amide bonds. The summed E-state index contributed by atoms with van der Waals surface area (Å²) in [6, 6.07) is 3.52. The van der Waals surface area contributed by atoms with Gasteiger partial charge in [0.1, 0.15) is 0 Å². The first-order valence-corrected chi connectivity index (χ1v) is 8.03. The molecule has 0 spiro atoms. The van der Waals surface area contributed by atoms with Crippen LogP contribution in [0.15, 0.2) is 35.0 Å². The largest absolute Gasteiger partial charge is 0.459 e. The quantitative estimate of drug-likeness (QED) is 0.800. The van der Waals surface area contributed by atoms with Gasteiger partial charge in [-0.1, -0.05) is 12.2 Å². The minimum Gasteiger partial charge on any atom is -0.459 e. The topological polar surface area (TPSA) is 36.7 Å². The highest BCUT2D eigenvalue weighted by Gasteiger charge is 2.36. The van der Waals surface area contributed by atoms with Crippen molar-refractivity contribution in [2.24, 2.45) is 17.8 Å². The Morgan fingerprint density at radius 3 is 2.67 bits per heavy atom. The molecule has 1 aromatic heterocycles. The number of allylic oxidation sites excluding steroid dienone is 2. The molecule has 0 unspecified atom stereocenters. The van der Waals surface area contributed by atoms with Gasteiger partial charge in [-0.15, -0.1) is 0 Å². The number of amides is 1. The molecule has 2 fully saturated rings. The highest BCUT2D eigenvalue weighted by atomic mass is 16.3. The summed E-state index contributed by atoms with van der Waals surface area (Å²) in [7, 11) is 0. The van der Waals surface area contributed by atoms with Crippen molar-refractivity contribution in [2.45, 2.75) is 12.8 Å². The van der Waals surface area contributed by atoms with E-state index in [0.29, 0.717) is 5.76 Å². The van der Waals surface area contributed by atoms with Crippen LogP contribution < -0.4 is 0 Å². The fraction of sp³-hybridized carbons (Fsp3) is 0.588. The van der Waals surface area contributed by atoms with Gasteiger partial charge in [0.25, 0.3) is 5.91 Å². The van der Waals surface area contributed by atoms with Crippen LogP contribution in [0.1, 0.15) is 23.4 Å². The van der Waals surface area contributed by atoms with Crippen LogP contribution >= 0.6 is 0 Å². The van der Waals surface area contributed by atoms with E-state index in [1.165, 1.54) is 19.4 Å². The molecular formula is C17H22N2O2. The molecule has 3 atom stereocenters. The molecule has 4 rings (SSSR count). The van der Waals surface area contributed by atoms with Crippen molar-refractivity contribution in [2.75, 3.05) is 32.7 Å². The molecule has 1 aromatic rings. The third-order valence-electron chi connectivity index (χ3n) is 5.30. The number of carbonyl (C=O) groups excluding carboxylic acids is 1. The fourth-order valence-corrected chi connectivity index (χ4v) is 4.13. The average Bonchev–Trinajstić information content (AvgIpc) is 3.25. The van der Waals surface area contributed by atoms with Crippen LogP contribution in [0.25, 0.3) is 0 Å². The van der Waals surface area contributed by atoms with Crippen molar-refractivity contribution < 1.29 is 9.21 Å². The van der Waals surface area contributed by atoms with Gasteiger partial charge in [0.05, 0.1) is 6.26 Å². The molecule has 2 bridgehead atoms. The van der Waals surface area contributed by atoms with Gasteiger partial charge in [0, 0.05) is 32.7 Å². The van der Waals surface area contributed by atoms with E-state index in [0.717, 1.165) is 43.9 Å². The zero-order chi connectivity index (χ0) is 14.2. The van der Waals surface area contributed by atoms with Crippen molar-refractivity contribution in [3.05, 3.63) is 36.3 Å². The Kier molecular flexibility index (Phi) is 3.34. The number of nitrogens with zero attached hydrogens (tertiary/aromatic N) is 2. The van der Waals surface area contributed by atoms with Crippen LogP contribution in [-0.4, -0.2) is 48.4 Å². The van der Waals surface area contributed by atoms with E-state index >= 15 is 0 Å². The van der Waals surface area contributed by atoms with Crippen LogP contribution in [-0.2, 0) is 0 Å². The number of piperazine rings is 1. The molecule has 1 aliphatic heterocycles. The van der Waals surface area contributed by atoms with Gasteiger partial charge in [-0.3, -0.25) is 9.69 Å². The van der Waals surface area contributed by atoms with Crippen molar-refractivity contribution in [3.63, 3.8) is 0 Å². The second kappa shape index (κ2) is 5.34. The lowest BCUT2D eigenvalue weighted by Crippen LogP contribution is -2.50. The number of hydrogen-bond acceptors (Lipinski definition) is 3. The second-order valence-electron chi connectivity index (χ2n) is 6.61. The van der Waals surface area contributed by atoms with Crippen molar-refractivity contribution in [3.8, 4) is 0 Å². The third kappa shape index (κ3) is 2.53. The maximum atomic E-state index is 12.2. The maximum Gasteiger partial charge on any atom is 0.289 e. The molecule has 0 aromatic carbocycles. The van der Waals surface area contributed by atoms with Crippen LogP contribution in [0.2, 0.25) is 0 Å². The van der Waals surface area contributed by atoms with Gasteiger partial charge >= 0.3 is 0 Å². The minimum absolute atomic E-state index is 0.0301. The van der Waals surface area contributed by atoms with Gasteiger partial charge in [-0.05, 0) is 42.7 Å². The SMILES string of the molecule is O=C(c1ccco1)N1CCN(C[C@@H]2C[C@H]3C=C[C@@H]2C3)CC1. The molecule has 2 heterocycles. The van der Waals surface area contributed by atoms with Crippen LogP contribution in [0.5, 0.6) is 0 Å². The van der Waals surface area contributed by atoms with E-state index in [1.54, 1.807) is 18.4 Å². The Bertz CT molecular complexity index is 529. The van der Waals surface area contributed by atoms with Crippen LogP contribution in [0.4, 0.5) is 0 Å². The molecule has 2 aliphatic carbocycles. The van der Waals surface area contributed by atoms with Crippen molar-refractivity contribution in [1.29, 1.82) is 0 Å². The standard InChI is InChI=1S/C17H22N2O2/c20-17(16-2-1-9-21-16)19-7-5-18(6-8-19)12-15-11-13-3-4-14(15)10-13/h1-4,9,13-15H,5-8,10-12H2/t13-,14+,15-/m0/s1. The summed E-state index contributed by atoms with van der Waals surface area (Å²) >= 11 is 0. The van der Waals surface area contributed by atoms with E-state index in [4.69, 9.17) is 4.42 Å². The predicted molar refractivity (Wildman–Crippen MR) is 79.9 cm³/mol. The van der Waals surface area contributed by atoms with E-state index in [-0.39, 0.29) is 5.91 Å². The summed E-state index contributed by atoms with van der Waals surface area (Å²) in [5.41, 5.74) is 0. The smallest absolute Gasteiger partial charge is 0.289 e. The molecule has 1 saturated carbocycles. The lowest BCUT2D eigenvalue weighted by atomic mass is 9.93. The van der Waals surface area contributed by atoms with Crippen molar-refractivity contribution in [1.82, 2.24) is 9.80 Å². The number of fused-ring (bicyclic) bond motifs is 2. The Balaban J connectivity index is 1.29. The van der Waals surface area contributed by atoms with E-state index < -0.39 is 0 Å². The molecule has 4 nitrogen and oxygen atoms in total. The first-order valence-electron chi connectivity index (χ1n) is 8.03. The van der Waals surface area contributed by atoms with Crippen LogP contribution in [0, 0.1) is 17.8 Å². The molecule has 112 valence electrons. The summed E-state index contributed by atoms with van der Waals surface area (Å²) in [6.45, 7) is 4.81. The van der Waals surface area contributed by atoms with Gasteiger partial charge in [0.2, 0.25) is 0 Å². The minimum atomic E-state index is 0.0301. The summed E-state index contributed by atoms with van der Waals surface area (Å²) < 4.78 is 5.20. The lowest BCUT2D eigenvalue weighted by molar-refractivity contribution is 0.0580. The molecular weight excluding hydrogens is 264 g/mol. The normalized spacial score (nSPS) is 32.0. The van der Waals surface area contributed by atoms with Gasteiger partial charge < -0.3 is 9.32 Å². The predicted octanol–water partition coefficient (Wildman–Crippen LogP) is 2.25. The molecule has 3 aliphatic rings. The Hall–Kier alpha value is -1.55. The number of rotatable bonds is 3. The first kappa shape index (κ1) is 13.1. The summed E-state index contributed by atoms with van der Waals surface area (Å²) in [6.07, 6.45) is 9.14. The highest BCUT2D eigenvalue weighted by molar-refractivity contribution is 5.91. The van der Waals surface area contributed by atoms with Gasteiger partial charge in [-0.2, -0.15) is 0 Å². The van der Waals surface area contributed by atoms with E-state index in [1.807, 2.05) is 4.90 Å². The molecule has 1 saturated heterocycles. The van der Waals surface area contributed by atoms with Gasteiger partial charge in [0.15, 0.2) is 5.76 Å². The Labute approximate surface area is 125 Å². The average molecular weight is 286 g/mol. The molecule has 0 radical (unpaired) electrons. The summed E-state index contributed by atoms with van der Waals surface area (Å²) in [4.78, 5) is 16.7. The van der Waals surface area contributed by atoms with Crippen LogP contribution in [0.3, 0.4) is 0 Å². The Morgan fingerprint density at radius 2 is 2.05 bits per heavy atom. The lowest BCUT2D eigenvalue weighted by Gasteiger charge is -2.36. The second-order valence-corrected chi connectivity index (χ2v) is 6.61.